The number of carbonyl (C=O) groups excluding carboxylic acids is 1. The lowest BCUT2D eigenvalue weighted by Gasteiger charge is -2.55. The summed E-state index contributed by atoms with van der Waals surface area (Å²) in [6.07, 6.45) is 7.18. The van der Waals surface area contributed by atoms with Crippen molar-refractivity contribution < 1.29 is 4.79 Å². The van der Waals surface area contributed by atoms with Gasteiger partial charge in [0.2, 0.25) is 0 Å². The van der Waals surface area contributed by atoms with Crippen LogP contribution in [0.25, 0.3) is 11.0 Å². The number of anilines is 1. The van der Waals surface area contributed by atoms with Gasteiger partial charge in [-0.15, -0.1) is 0 Å². The molecule has 0 aromatic carbocycles. The number of amides is 1. The molecule has 176 valence electrons. The van der Waals surface area contributed by atoms with Gasteiger partial charge < -0.3 is 15.2 Å². The molecular weight excluding hydrogens is 428 g/mol. The first-order valence-electron chi connectivity index (χ1n) is 12.3. The highest BCUT2D eigenvalue weighted by Gasteiger charge is 2.43. The van der Waals surface area contributed by atoms with Crippen molar-refractivity contribution in [3.05, 3.63) is 62.8 Å². The number of aromatic nitrogens is 3. The minimum Gasteiger partial charge on any atom is -0.364 e. The van der Waals surface area contributed by atoms with Crippen LogP contribution in [0.5, 0.6) is 0 Å². The fourth-order valence-corrected chi connectivity index (χ4v) is 6.05. The zero-order chi connectivity index (χ0) is 23.4. The fraction of sp³-hybridized carbons (Fsp3) is 0.462. The van der Waals surface area contributed by atoms with Gasteiger partial charge in [0, 0.05) is 50.5 Å². The Balaban J connectivity index is 1.21. The van der Waals surface area contributed by atoms with E-state index in [4.69, 9.17) is 4.98 Å². The van der Waals surface area contributed by atoms with Gasteiger partial charge in [0.25, 0.3) is 11.5 Å². The van der Waals surface area contributed by atoms with Crippen molar-refractivity contribution in [3.63, 3.8) is 0 Å². The van der Waals surface area contributed by atoms with Crippen molar-refractivity contribution in [2.45, 2.75) is 57.7 Å². The largest absolute Gasteiger partial charge is 0.364 e. The van der Waals surface area contributed by atoms with Gasteiger partial charge in [-0.25, -0.2) is 4.98 Å². The number of nitrogens with zero attached hydrogens (tertiary/aromatic N) is 4. The minimum atomic E-state index is -0.156. The third-order valence-corrected chi connectivity index (χ3v) is 7.88. The summed E-state index contributed by atoms with van der Waals surface area (Å²) in [6.45, 7) is 4.70. The lowest BCUT2D eigenvalue weighted by molar-refractivity contribution is 0.0658. The van der Waals surface area contributed by atoms with Gasteiger partial charge in [-0.3, -0.25) is 19.5 Å². The second-order valence-electron chi connectivity index (χ2n) is 9.76. The lowest BCUT2D eigenvalue weighted by Crippen LogP contribution is -2.64. The predicted octanol–water partition coefficient (Wildman–Crippen LogP) is 2.33. The van der Waals surface area contributed by atoms with Gasteiger partial charge >= 0.3 is 0 Å². The van der Waals surface area contributed by atoms with Gasteiger partial charge in [0.1, 0.15) is 5.69 Å². The third-order valence-electron chi connectivity index (χ3n) is 7.88. The molecule has 3 aromatic rings. The fourth-order valence-electron chi connectivity index (χ4n) is 6.05. The van der Waals surface area contributed by atoms with Crippen molar-refractivity contribution in [1.29, 1.82) is 0 Å². The lowest BCUT2D eigenvalue weighted by atomic mass is 9.81. The van der Waals surface area contributed by atoms with E-state index in [-0.39, 0.29) is 11.5 Å². The van der Waals surface area contributed by atoms with Crippen molar-refractivity contribution in [2.75, 3.05) is 25.0 Å². The first-order valence-corrected chi connectivity index (χ1v) is 12.3. The summed E-state index contributed by atoms with van der Waals surface area (Å²) in [4.78, 5) is 41.8. The molecule has 1 saturated carbocycles. The average Bonchev–Trinajstić information content (AvgIpc) is 3.30. The van der Waals surface area contributed by atoms with Gasteiger partial charge in [0.05, 0.1) is 22.4 Å². The Hall–Kier alpha value is -3.26. The summed E-state index contributed by atoms with van der Waals surface area (Å²) < 4.78 is 0. The molecule has 1 amide bonds. The summed E-state index contributed by atoms with van der Waals surface area (Å²) in [5.74, 6) is -0.156. The van der Waals surface area contributed by atoms with Crippen LogP contribution in [0.2, 0.25) is 0 Å². The van der Waals surface area contributed by atoms with E-state index in [0.717, 1.165) is 84.4 Å². The van der Waals surface area contributed by atoms with Crippen LogP contribution in [-0.2, 0) is 19.4 Å². The highest BCUT2D eigenvalue weighted by molar-refractivity contribution is 5.92. The third kappa shape index (κ3) is 3.39. The van der Waals surface area contributed by atoms with Crippen LogP contribution in [0.15, 0.2) is 29.2 Å². The molecule has 3 aromatic heterocycles. The van der Waals surface area contributed by atoms with Gasteiger partial charge in [-0.1, -0.05) is 0 Å². The number of carbonyl (C=O) groups is 1. The molecule has 0 radical (unpaired) electrons. The summed E-state index contributed by atoms with van der Waals surface area (Å²) >= 11 is 0. The molecule has 1 saturated heterocycles. The molecule has 2 N–H and O–H groups in total. The van der Waals surface area contributed by atoms with E-state index in [1.54, 1.807) is 7.05 Å². The van der Waals surface area contributed by atoms with E-state index in [1.165, 1.54) is 6.42 Å². The average molecular weight is 459 g/mol. The monoisotopic (exact) mass is 458 g/mol. The number of rotatable bonds is 4. The number of nitrogens with one attached hydrogen (secondary N) is 2. The van der Waals surface area contributed by atoms with Crippen molar-refractivity contribution in [1.82, 2.24) is 25.2 Å². The number of pyridine rings is 3. The molecule has 4 heterocycles. The molecule has 8 nitrogen and oxygen atoms in total. The number of H-pyrrole nitrogens is 1. The summed E-state index contributed by atoms with van der Waals surface area (Å²) in [7, 11) is 1.63. The Morgan fingerprint density at radius 3 is 2.76 bits per heavy atom. The summed E-state index contributed by atoms with van der Waals surface area (Å²) in [5.41, 5.74) is 7.58. The molecule has 8 heteroatoms. The molecule has 2 atom stereocenters. The SMILES string of the molecule is CNC(=O)c1ccc(N2CCN(Cc3cnc4c5c(c(=O)[nH]c4c3)CCC5)C3CCC32)c(C)n1. The van der Waals surface area contributed by atoms with Crippen LogP contribution < -0.4 is 15.8 Å². The van der Waals surface area contributed by atoms with Crippen LogP contribution >= 0.6 is 0 Å². The standard InChI is InChI=1S/C26H30N6O2/c1-15-21(7-6-19(29-15)26(34)27-2)32-11-10-31(22-8-9-23(22)32)14-16-12-20-24(28-13-16)17-4-3-5-18(17)25(33)30-20/h6-7,12-13,22-23H,3-5,8-11,14H2,1-2H3,(H,27,34)(H,30,33). The minimum absolute atomic E-state index is 0.0537. The topological polar surface area (TPSA) is 94.2 Å². The summed E-state index contributed by atoms with van der Waals surface area (Å²) in [6, 6.07) is 6.92. The maximum atomic E-state index is 12.5. The molecule has 2 unspecified atom stereocenters. The second-order valence-corrected chi connectivity index (χ2v) is 9.76. The second kappa shape index (κ2) is 8.20. The van der Waals surface area contributed by atoms with Crippen LogP contribution in [-0.4, -0.2) is 58.0 Å². The van der Waals surface area contributed by atoms with Crippen LogP contribution in [0.3, 0.4) is 0 Å². The molecule has 0 spiro atoms. The Kier molecular flexibility index (Phi) is 5.13. The number of hydrogen-bond acceptors (Lipinski definition) is 6. The summed E-state index contributed by atoms with van der Waals surface area (Å²) in [5, 5.41) is 2.64. The molecule has 6 rings (SSSR count). The maximum absolute atomic E-state index is 12.5. The van der Waals surface area contributed by atoms with E-state index in [0.29, 0.717) is 17.8 Å². The molecule has 2 fully saturated rings. The van der Waals surface area contributed by atoms with Crippen LogP contribution in [0, 0.1) is 6.92 Å². The predicted molar refractivity (Wildman–Crippen MR) is 131 cm³/mol. The first kappa shape index (κ1) is 21.3. The Labute approximate surface area is 198 Å². The Bertz CT molecular complexity index is 1350. The highest BCUT2D eigenvalue weighted by Crippen LogP contribution is 2.38. The van der Waals surface area contributed by atoms with E-state index < -0.39 is 0 Å². The van der Waals surface area contributed by atoms with Crippen molar-refractivity contribution in [3.8, 4) is 0 Å². The highest BCUT2D eigenvalue weighted by atomic mass is 16.1. The maximum Gasteiger partial charge on any atom is 0.269 e. The molecule has 34 heavy (non-hydrogen) atoms. The quantitative estimate of drug-likeness (QED) is 0.623. The van der Waals surface area contributed by atoms with Crippen molar-refractivity contribution in [2.24, 2.45) is 0 Å². The van der Waals surface area contributed by atoms with Gasteiger partial charge in [-0.05, 0) is 68.4 Å². The van der Waals surface area contributed by atoms with Gasteiger partial charge in [0.15, 0.2) is 0 Å². The number of hydrogen-bond donors (Lipinski definition) is 2. The smallest absolute Gasteiger partial charge is 0.269 e. The van der Waals surface area contributed by atoms with Crippen LogP contribution in [0.4, 0.5) is 5.69 Å². The van der Waals surface area contributed by atoms with E-state index in [1.807, 2.05) is 25.3 Å². The Morgan fingerprint density at radius 1 is 1.18 bits per heavy atom. The molecule has 3 aliphatic rings. The number of fused-ring (bicyclic) bond motifs is 4. The normalized spacial score (nSPS) is 21.8. The van der Waals surface area contributed by atoms with Gasteiger partial charge in [-0.2, -0.15) is 0 Å². The molecule has 0 bridgehead atoms. The van der Waals surface area contributed by atoms with Crippen molar-refractivity contribution >= 4 is 22.6 Å². The first-order chi connectivity index (χ1) is 16.5. The zero-order valence-corrected chi connectivity index (χ0v) is 19.7. The zero-order valence-electron chi connectivity index (χ0n) is 19.7. The van der Waals surface area contributed by atoms with E-state index >= 15 is 0 Å². The molecular formula is C26H30N6O2. The number of piperazine rings is 1. The molecule has 2 aliphatic carbocycles. The number of aryl methyl sites for hydroxylation is 2. The van der Waals surface area contributed by atoms with E-state index in [2.05, 4.69) is 31.2 Å². The van der Waals surface area contributed by atoms with Crippen LogP contribution in [0.1, 0.15) is 52.1 Å². The Morgan fingerprint density at radius 2 is 2.00 bits per heavy atom. The van der Waals surface area contributed by atoms with E-state index in [9.17, 15) is 9.59 Å². The number of aromatic amines is 1. The molecule has 1 aliphatic heterocycles.